The van der Waals surface area contributed by atoms with Crippen molar-refractivity contribution in [2.24, 2.45) is 0 Å². The maximum absolute atomic E-state index is 5.69. The van der Waals surface area contributed by atoms with Crippen molar-refractivity contribution in [2.45, 2.75) is 77.7 Å². The van der Waals surface area contributed by atoms with Crippen molar-refractivity contribution in [3.63, 3.8) is 0 Å². The van der Waals surface area contributed by atoms with Crippen LogP contribution in [0.2, 0.25) is 0 Å². The molecule has 5 heteroatoms. The van der Waals surface area contributed by atoms with Crippen LogP contribution in [0.15, 0.2) is 30.3 Å². The standard InChI is InChI=1S/C31H48N2O3/c1-6-20-33(27-13-14-28-26(23-27)12-16-30(35-4)31(28)36-5)21-10-8-7-9-18-32-19-17-25-11-15-29(34-3)24(2)22-25/h11-12,15-16,22,27,32H,6-10,13-14,17-21,23H2,1-5H3. The third kappa shape index (κ3) is 7.88. The van der Waals surface area contributed by atoms with Gasteiger partial charge in [0.15, 0.2) is 11.5 Å². The first-order valence-corrected chi connectivity index (χ1v) is 13.9. The fourth-order valence-electron chi connectivity index (χ4n) is 5.61. The molecule has 3 rings (SSSR count). The van der Waals surface area contributed by atoms with Crippen LogP contribution in [0.3, 0.4) is 0 Å². The Balaban J connectivity index is 1.33. The van der Waals surface area contributed by atoms with E-state index in [9.17, 15) is 0 Å². The van der Waals surface area contributed by atoms with Gasteiger partial charge in [-0.2, -0.15) is 0 Å². The van der Waals surface area contributed by atoms with Gasteiger partial charge in [0.25, 0.3) is 0 Å². The zero-order valence-corrected chi connectivity index (χ0v) is 23.3. The normalized spacial score (nSPS) is 15.1. The van der Waals surface area contributed by atoms with E-state index in [1.54, 1.807) is 21.3 Å². The summed E-state index contributed by atoms with van der Waals surface area (Å²) < 4.78 is 16.6. The van der Waals surface area contributed by atoms with Crippen molar-refractivity contribution in [1.82, 2.24) is 10.2 Å². The van der Waals surface area contributed by atoms with Crippen molar-refractivity contribution < 1.29 is 14.2 Å². The Bertz CT molecular complexity index is 930. The summed E-state index contributed by atoms with van der Waals surface area (Å²) in [6.07, 6.45) is 10.8. The maximum Gasteiger partial charge on any atom is 0.164 e. The van der Waals surface area contributed by atoms with Crippen molar-refractivity contribution in [1.29, 1.82) is 0 Å². The molecule has 1 unspecified atom stereocenters. The van der Waals surface area contributed by atoms with Crippen molar-refractivity contribution in [3.8, 4) is 17.2 Å². The van der Waals surface area contributed by atoms with E-state index < -0.39 is 0 Å². The van der Waals surface area contributed by atoms with Gasteiger partial charge in [0.2, 0.25) is 0 Å². The second-order valence-corrected chi connectivity index (χ2v) is 10.1. The lowest BCUT2D eigenvalue weighted by atomic mass is 9.86. The molecule has 200 valence electrons. The number of hydrogen-bond donors (Lipinski definition) is 1. The Morgan fingerprint density at radius 3 is 2.39 bits per heavy atom. The molecule has 1 aliphatic rings. The number of methoxy groups -OCH3 is 3. The van der Waals surface area contributed by atoms with Gasteiger partial charge in [-0.3, -0.25) is 0 Å². The summed E-state index contributed by atoms with van der Waals surface area (Å²) in [5.41, 5.74) is 5.37. The second-order valence-electron chi connectivity index (χ2n) is 10.1. The molecule has 1 aliphatic carbocycles. The monoisotopic (exact) mass is 496 g/mol. The second kappa shape index (κ2) is 15.1. The summed E-state index contributed by atoms with van der Waals surface area (Å²) in [6.45, 7) is 8.97. The number of fused-ring (bicyclic) bond motifs is 1. The molecule has 1 atom stereocenters. The van der Waals surface area contributed by atoms with Gasteiger partial charge in [0.1, 0.15) is 5.75 Å². The minimum atomic E-state index is 0.638. The lowest BCUT2D eigenvalue weighted by Gasteiger charge is -2.36. The van der Waals surface area contributed by atoms with Gasteiger partial charge < -0.3 is 24.4 Å². The van der Waals surface area contributed by atoms with Gasteiger partial charge in [0, 0.05) is 11.6 Å². The van der Waals surface area contributed by atoms with Gasteiger partial charge >= 0.3 is 0 Å². The number of ether oxygens (including phenoxy) is 3. The zero-order valence-electron chi connectivity index (χ0n) is 23.3. The molecule has 0 saturated carbocycles. The number of nitrogens with zero attached hydrogens (tertiary/aromatic N) is 1. The molecule has 1 N–H and O–H groups in total. The lowest BCUT2D eigenvalue weighted by molar-refractivity contribution is 0.175. The van der Waals surface area contributed by atoms with Gasteiger partial charge in [-0.1, -0.05) is 38.0 Å². The quantitative estimate of drug-likeness (QED) is 0.290. The number of benzene rings is 2. The van der Waals surface area contributed by atoms with Crippen molar-refractivity contribution in [3.05, 3.63) is 52.6 Å². The number of nitrogens with one attached hydrogen (secondary N) is 1. The summed E-state index contributed by atoms with van der Waals surface area (Å²) in [4.78, 5) is 2.74. The smallest absolute Gasteiger partial charge is 0.164 e. The molecule has 0 aliphatic heterocycles. The SMILES string of the molecule is CCCN(CCCCCCNCCc1ccc(OC)c(C)c1)C1CCc2c(ccc(OC)c2OC)C1. The Morgan fingerprint density at radius 2 is 1.67 bits per heavy atom. The number of unbranched alkanes of at least 4 members (excludes halogenated alkanes) is 3. The van der Waals surface area contributed by atoms with Crippen LogP contribution in [-0.4, -0.2) is 58.5 Å². The van der Waals surface area contributed by atoms with Crippen molar-refractivity contribution >= 4 is 0 Å². The predicted octanol–water partition coefficient (Wildman–Crippen LogP) is 5.98. The largest absolute Gasteiger partial charge is 0.496 e. The van der Waals surface area contributed by atoms with E-state index in [0.717, 1.165) is 49.6 Å². The number of aryl methyl sites for hydroxylation is 1. The molecule has 0 heterocycles. The lowest BCUT2D eigenvalue weighted by Crippen LogP contribution is -2.40. The fraction of sp³-hybridized carbons (Fsp3) is 0.613. The zero-order chi connectivity index (χ0) is 25.8. The average Bonchev–Trinajstić information content (AvgIpc) is 2.90. The first-order valence-electron chi connectivity index (χ1n) is 13.9. The highest BCUT2D eigenvalue weighted by atomic mass is 16.5. The summed E-state index contributed by atoms with van der Waals surface area (Å²) in [7, 11) is 5.21. The average molecular weight is 497 g/mol. The Hall–Kier alpha value is -2.24. The molecule has 5 nitrogen and oxygen atoms in total. The van der Waals surface area contributed by atoms with Gasteiger partial charge in [-0.15, -0.1) is 0 Å². The summed E-state index contributed by atoms with van der Waals surface area (Å²) in [6, 6.07) is 11.4. The third-order valence-electron chi connectivity index (χ3n) is 7.55. The van der Waals surface area contributed by atoms with Crippen LogP contribution >= 0.6 is 0 Å². The summed E-state index contributed by atoms with van der Waals surface area (Å²) >= 11 is 0. The van der Waals surface area contributed by atoms with Crippen molar-refractivity contribution in [2.75, 3.05) is 47.5 Å². The van der Waals surface area contributed by atoms with E-state index in [2.05, 4.69) is 54.4 Å². The molecule has 0 aromatic heterocycles. The highest BCUT2D eigenvalue weighted by Gasteiger charge is 2.27. The maximum atomic E-state index is 5.69. The first kappa shape index (κ1) is 28.3. The minimum absolute atomic E-state index is 0.638. The van der Waals surface area contributed by atoms with Gasteiger partial charge in [0.05, 0.1) is 21.3 Å². The molecule has 0 bridgehead atoms. The third-order valence-corrected chi connectivity index (χ3v) is 7.55. The summed E-state index contributed by atoms with van der Waals surface area (Å²) in [5, 5.41) is 3.62. The van der Waals surface area contributed by atoms with Gasteiger partial charge in [-0.25, -0.2) is 0 Å². The molecular formula is C31H48N2O3. The first-order chi connectivity index (χ1) is 17.6. The molecule has 0 fully saturated rings. The predicted molar refractivity (Wildman–Crippen MR) is 150 cm³/mol. The van der Waals surface area contributed by atoms with Crippen LogP contribution in [0, 0.1) is 6.92 Å². The number of rotatable bonds is 16. The molecule has 0 spiro atoms. The van der Waals surface area contributed by atoms with E-state index in [1.807, 2.05) is 0 Å². The molecule has 36 heavy (non-hydrogen) atoms. The Morgan fingerprint density at radius 1 is 0.889 bits per heavy atom. The molecule has 2 aromatic carbocycles. The summed E-state index contributed by atoms with van der Waals surface area (Å²) in [5.74, 6) is 2.76. The molecular weight excluding hydrogens is 448 g/mol. The topological polar surface area (TPSA) is 43.0 Å². The Labute approximate surface area is 219 Å². The minimum Gasteiger partial charge on any atom is -0.496 e. The molecule has 0 radical (unpaired) electrons. The fourth-order valence-corrected chi connectivity index (χ4v) is 5.61. The van der Waals surface area contributed by atoms with Crippen LogP contribution < -0.4 is 19.5 Å². The van der Waals surface area contributed by atoms with Crippen LogP contribution in [0.1, 0.15) is 67.7 Å². The highest BCUT2D eigenvalue weighted by Crippen LogP contribution is 2.38. The molecule has 0 saturated heterocycles. The molecule has 0 amide bonds. The van der Waals surface area contributed by atoms with E-state index in [1.165, 1.54) is 73.9 Å². The van der Waals surface area contributed by atoms with Gasteiger partial charge in [-0.05, 0) is 107 Å². The highest BCUT2D eigenvalue weighted by molar-refractivity contribution is 5.52. The van der Waals surface area contributed by atoms with Crippen LogP contribution in [0.25, 0.3) is 0 Å². The van der Waals surface area contributed by atoms with E-state index in [-0.39, 0.29) is 0 Å². The van der Waals surface area contributed by atoms with Crippen LogP contribution in [0.5, 0.6) is 17.2 Å². The number of hydrogen-bond acceptors (Lipinski definition) is 5. The van der Waals surface area contributed by atoms with E-state index >= 15 is 0 Å². The van der Waals surface area contributed by atoms with E-state index in [0.29, 0.717) is 6.04 Å². The Kier molecular flexibility index (Phi) is 11.9. The van der Waals surface area contributed by atoms with Crippen LogP contribution in [0.4, 0.5) is 0 Å². The molecule has 2 aromatic rings. The van der Waals surface area contributed by atoms with E-state index in [4.69, 9.17) is 14.2 Å². The van der Waals surface area contributed by atoms with Crippen LogP contribution in [-0.2, 0) is 19.3 Å².